The van der Waals surface area contributed by atoms with Gasteiger partial charge < -0.3 is 0 Å². The predicted octanol–water partition coefficient (Wildman–Crippen LogP) is 14.9. The molecule has 70 heavy (non-hydrogen) atoms. The van der Waals surface area contributed by atoms with Crippen LogP contribution in [-0.2, 0) is 21.7 Å². The van der Waals surface area contributed by atoms with E-state index in [1.54, 1.807) is 0 Å². The van der Waals surface area contributed by atoms with Crippen molar-refractivity contribution in [2.75, 3.05) is 0 Å². The molecule has 0 saturated carbocycles. The highest BCUT2D eigenvalue weighted by atomic mass is 14.6. The van der Waals surface area contributed by atoms with Crippen LogP contribution < -0.4 is 0 Å². The first kappa shape index (κ1) is 42.2. The molecule has 9 aromatic rings. The molecule has 0 atom stereocenters. The monoisotopic (exact) mass is 894 g/mol. The molecule has 0 unspecified atom stereocenters. The standard InChI is InChI=1S/C70H54/c1-43-35-59-63(39-47(43)5)69(53-19-11-9-12-20-53)57-25-17-15-23-55(57)67(59,60-36-44(2)48(6)40-64(60)69)33-31-51-27-29-52(30-28-51)32-34-68-56-24-16-18-26-58(56)70(54-21-13-10-14-22-54,65-41-49(7)45(3)37-61(65)68)66-42-50(8)46(4)38-62(66)68/h9-30,35-42H,1-8H3. The van der Waals surface area contributed by atoms with Crippen molar-refractivity contribution in [2.24, 2.45) is 0 Å². The molecule has 0 amide bonds. The summed E-state index contributed by atoms with van der Waals surface area (Å²) in [6.45, 7) is 18.0. The second kappa shape index (κ2) is 14.8. The zero-order chi connectivity index (χ0) is 47.9. The van der Waals surface area contributed by atoms with Gasteiger partial charge in [0.2, 0.25) is 0 Å². The fourth-order valence-electron chi connectivity index (χ4n) is 13.4. The Bertz CT molecular complexity index is 3480. The van der Waals surface area contributed by atoms with Gasteiger partial charge in [-0.3, -0.25) is 0 Å². The van der Waals surface area contributed by atoms with Gasteiger partial charge in [-0.2, -0.15) is 0 Å². The minimum Gasteiger partial charge on any atom is -0.0764 e. The van der Waals surface area contributed by atoms with Gasteiger partial charge in [0.05, 0.1) is 10.8 Å². The molecule has 15 rings (SSSR count). The van der Waals surface area contributed by atoms with Crippen molar-refractivity contribution >= 4 is 0 Å². The van der Waals surface area contributed by atoms with E-state index in [0.29, 0.717) is 0 Å². The van der Waals surface area contributed by atoms with E-state index in [1.165, 1.54) is 122 Å². The average Bonchev–Trinajstić information content (AvgIpc) is 3.38. The van der Waals surface area contributed by atoms with E-state index in [0.717, 1.165) is 11.1 Å². The van der Waals surface area contributed by atoms with E-state index >= 15 is 0 Å². The van der Waals surface area contributed by atoms with Crippen LogP contribution in [0.3, 0.4) is 0 Å². The molecule has 0 heteroatoms. The van der Waals surface area contributed by atoms with E-state index < -0.39 is 21.7 Å². The molecular formula is C70H54. The number of rotatable bonds is 2. The van der Waals surface area contributed by atoms with E-state index in [4.69, 9.17) is 0 Å². The number of benzene rings is 9. The molecule has 0 aromatic heterocycles. The van der Waals surface area contributed by atoms with E-state index in [2.05, 4.69) is 261 Å². The lowest BCUT2D eigenvalue weighted by Gasteiger charge is -2.55. The maximum atomic E-state index is 4.08. The van der Waals surface area contributed by atoms with Gasteiger partial charge in [0.25, 0.3) is 0 Å². The van der Waals surface area contributed by atoms with Gasteiger partial charge in [-0.25, -0.2) is 0 Å². The number of aryl methyl sites for hydroxylation is 8. The molecule has 0 fully saturated rings. The molecule has 0 radical (unpaired) electrons. The van der Waals surface area contributed by atoms with E-state index in [9.17, 15) is 0 Å². The van der Waals surface area contributed by atoms with Gasteiger partial charge in [0.15, 0.2) is 0 Å². The van der Waals surface area contributed by atoms with Crippen LogP contribution in [-0.4, -0.2) is 0 Å². The topological polar surface area (TPSA) is 0 Å². The van der Waals surface area contributed by atoms with Crippen molar-refractivity contribution < 1.29 is 0 Å². The third-order valence-corrected chi connectivity index (χ3v) is 17.3. The number of hydrogen-bond acceptors (Lipinski definition) is 0. The summed E-state index contributed by atoms with van der Waals surface area (Å²) in [7, 11) is 0. The Kier molecular flexibility index (Phi) is 8.93. The molecule has 4 bridgehead atoms. The van der Waals surface area contributed by atoms with Crippen LogP contribution in [0.4, 0.5) is 0 Å². The lowest BCUT2D eigenvalue weighted by molar-refractivity contribution is 0.577. The summed E-state index contributed by atoms with van der Waals surface area (Å²) in [5, 5.41) is 0. The fraction of sp³-hybridized carbons (Fsp3) is 0.171. The van der Waals surface area contributed by atoms with Crippen LogP contribution in [0.2, 0.25) is 0 Å². The molecule has 0 heterocycles. The highest BCUT2D eigenvalue weighted by Gasteiger charge is 2.61. The van der Waals surface area contributed by atoms with Gasteiger partial charge in [-0.1, -0.05) is 181 Å². The summed E-state index contributed by atoms with van der Waals surface area (Å²) < 4.78 is 0. The molecule has 6 aliphatic rings. The molecule has 0 saturated heterocycles. The van der Waals surface area contributed by atoms with E-state index in [1.807, 2.05) is 0 Å². The SMILES string of the molecule is Cc1cc2c(cc1C)C1(c3ccccc3)c3ccccc3C2(C#Cc2ccc(C#CC34c5ccccc5C(c5ccccc5)(c5cc(C)c(C)cc53)c3cc(C)c(C)cc34)cc2)c2cc(C)c(C)cc21. The summed E-state index contributed by atoms with van der Waals surface area (Å²) in [4.78, 5) is 0. The van der Waals surface area contributed by atoms with Crippen LogP contribution >= 0.6 is 0 Å². The summed E-state index contributed by atoms with van der Waals surface area (Å²) in [6.07, 6.45) is 0. The number of hydrogen-bond donors (Lipinski definition) is 0. The van der Waals surface area contributed by atoms with Crippen molar-refractivity contribution in [3.8, 4) is 23.7 Å². The van der Waals surface area contributed by atoms with Gasteiger partial charge in [-0.05, 0) is 202 Å². The molecule has 0 aliphatic heterocycles. The zero-order valence-electron chi connectivity index (χ0n) is 41.3. The van der Waals surface area contributed by atoms with Gasteiger partial charge in [0, 0.05) is 11.1 Å². The highest BCUT2D eigenvalue weighted by Crippen LogP contribution is 2.66. The largest absolute Gasteiger partial charge is 0.107 e. The third kappa shape index (κ3) is 5.24. The Balaban J connectivity index is 0.998. The maximum absolute atomic E-state index is 4.08. The Morgan fingerprint density at radius 1 is 0.243 bits per heavy atom. The molecular weight excluding hydrogens is 841 g/mol. The average molecular weight is 895 g/mol. The summed E-state index contributed by atoms with van der Waals surface area (Å²) >= 11 is 0. The predicted molar refractivity (Wildman–Crippen MR) is 287 cm³/mol. The Morgan fingerprint density at radius 2 is 0.486 bits per heavy atom. The molecule has 334 valence electrons. The van der Waals surface area contributed by atoms with Gasteiger partial charge in [-0.15, -0.1) is 0 Å². The quantitative estimate of drug-likeness (QED) is 0.152. The van der Waals surface area contributed by atoms with Crippen LogP contribution in [0.5, 0.6) is 0 Å². The fourth-order valence-corrected chi connectivity index (χ4v) is 13.4. The van der Waals surface area contributed by atoms with Crippen molar-refractivity contribution in [3.05, 3.63) is 316 Å². The molecule has 9 aromatic carbocycles. The van der Waals surface area contributed by atoms with Crippen LogP contribution in [0.1, 0.15) is 134 Å². The minimum absolute atomic E-state index is 0.473. The first-order chi connectivity index (χ1) is 33.9. The highest BCUT2D eigenvalue weighted by molar-refractivity contribution is 5.85. The summed E-state index contributed by atoms with van der Waals surface area (Å²) in [6, 6.07) is 69.0. The lowest BCUT2D eigenvalue weighted by Crippen LogP contribution is -2.51. The summed E-state index contributed by atoms with van der Waals surface area (Å²) in [5.41, 5.74) is 28.2. The van der Waals surface area contributed by atoms with Crippen LogP contribution in [0.25, 0.3) is 0 Å². The zero-order valence-corrected chi connectivity index (χ0v) is 41.3. The Morgan fingerprint density at radius 3 is 0.771 bits per heavy atom. The van der Waals surface area contributed by atoms with Crippen molar-refractivity contribution in [2.45, 2.75) is 77.0 Å². The smallest absolute Gasteiger partial charge is 0.0764 e. The van der Waals surface area contributed by atoms with Crippen LogP contribution in [0, 0.1) is 79.1 Å². The normalized spacial score (nSPS) is 21.1. The van der Waals surface area contributed by atoms with Gasteiger partial charge >= 0.3 is 0 Å². The molecule has 0 spiro atoms. The molecule has 6 aliphatic carbocycles. The van der Waals surface area contributed by atoms with Crippen LogP contribution in [0.15, 0.2) is 182 Å². The Labute approximate surface area is 414 Å². The lowest BCUT2D eigenvalue weighted by atomic mass is 9.45. The first-order valence-electron chi connectivity index (χ1n) is 24.9. The first-order valence-corrected chi connectivity index (χ1v) is 24.9. The minimum atomic E-state index is -0.676. The van der Waals surface area contributed by atoms with Crippen molar-refractivity contribution in [3.63, 3.8) is 0 Å². The summed E-state index contributed by atoms with van der Waals surface area (Å²) in [5.74, 6) is 15.8. The molecule has 0 nitrogen and oxygen atoms in total. The second-order valence-corrected chi connectivity index (χ2v) is 20.8. The van der Waals surface area contributed by atoms with E-state index in [-0.39, 0.29) is 0 Å². The van der Waals surface area contributed by atoms with Crippen molar-refractivity contribution in [1.82, 2.24) is 0 Å². The Hall–Kier alpha value is -7.90. The van der Waals surface area contributed by atoms with Crippen molar-refractivity contribution in [1.29, 1.82) is 0 Å². The molecule has 0 N–H and O–H groups in total. The maximum Gasteiger partial charge on any atom is 0.107 e. The second-order valence-electron chi connectivity index (χ2n) is 20.8. The third-order valence-electron chi connectivity index (χ3n) is 17.3. The van der Waals surface area contributed by atoms with Gasteiger partial charge in [0.1, 0.15) is 10.8 Å².